The van der Waals surface area contributed by atoms with E-state index in [9.17, 15) is 9.59 Å². The molecular formula is C8H8O5. The molecule has 0 amide bonds. The molecular weight excluding hydrogens is 176 g/mol. The Bertz CT molecular complexity index is 349. The topological polar surface area (TPSA) is 87.7 Å². The van der Waals surface area contributed by atoms with Gasteiger partial charge in [-0.15, -0.1) is 0 Å². The van der Waals surface area contributed by atoms with Crippen LogP contribution in [0.1, 0.15) is 21.9 Å². The minimum absolute atomic E-state index is 0.0162. The molecule has 5 heteroatoms. The summed E-state index contributed by atoms with van der Waals surface area (Å²) in [5.74, 6) is -1.91. The average Bonchev–Trinajstić information content (AvgIpc) is 2.29. The number of aryl methyl sites for hydroxylation is 1. The maximum Gasteiger partial charge on any atom is 0.339 e. The van der Waals surface area contributed by atoms with Crippen LogP contribution in [0, 0.1) is 6.92 Å². The van der Waals surface area contributed by atoms with Gasteiger partial charge in [0.05, 0.1) is 0 Å². The van der Waals surface area contributed by atoms with Gasteiger partial charge in [0, 0.05) is 0 Å². The van der Waals surface area contributed by atoms with E-state index >= 15 is 0 Å². The van der Waals surface area contributed by atoms with E-state index in [-0.39, 0.29) is 11.3 Å². The summed E-state index contributed by atoms with van der Waals surface area (Å²) >= 11 is 0. The van der Waals surface area contributed by atoms with E-state index < -0.39 is 18.4 Å². The monoisotopic (exact) mass is 184 g/mol. The Balaban J connectivity index is 3.04. The van der Waals surface area contributed by atoms with Crippen LogP contribution in [-0.2, 0) is 11.2 Å². The second-order valence-electron chi connectivity index (χ2n) is 2.57. The molecule has 0 aliphatic rings. The summed E-state index contributed by atoms with van der Waals surface area (Å²) in [6, 6.07) is 1.31. The van der Waals surface area contributed by atoms with Gasteiger partial charge in [0.2, 0.25) is 0 Å². The third kappa shape index (κ3) is 2.08. The van der Waals surface area contributed by atoms with E-state index in [0.29, 0.717) is 5.76 Å². The molecule has 1 aromatic rings. The highest BCUT2D eigenvalue weighted by molar-refractivity contribution is 5.90. The molecule has 5 nitrogen and oxygen atoms in total. The number of aliphatic carboxylic acids is 1. The summed E-state index contributed by atoms with van der Waals surface area (Å²) < 4.78 is 4.93. The SMILES string of the molecule is Cc1cc(C(=O)O)c(CC(=O)O)o1. The quantitative estimate of drug-likeness (QED) is 0.728. The minimum Gasteiger partial charge on any atom is -0.481 e. The standard InChI is InChI=1S/C8H8O5/c1-4-2-5(8(11)12)6(13-4)3-7(9)10/h2H,3H2,1H3,(H,9,10)(H,11,12). The number of hydrogen-bond donors (Lipinski definition) is 2. The molecule has 0 radical (unpaired) electrons. The first-order valence-electron chi connectivity index (χ1n) is 3.55. The fraction of sp³-hybridized carbons (Fsp3) is 0.250. The second-order valence-corrected chi connectivity index (χ2v) is 2.57. The Morgan fingerprint density at radius 2 is 2.08 bits per heavy atom. The molecule has 0 fully saturated rings. The zero-order chi connectivity index (χ0) is 10.0. The van der Waals surface area contributed by atoms with E-state index in [1.165, 1.54) is 6.07 Å². The molecule has 0 aliphatic heterocycles. The van der Waals surface area contributed by atoms with Crippen molar-refractivity contribution in [2.45, 2.75) is 13.3 Å². The molecule has 13 heavy (non-hydrogen) atoms. The van der Waals surface area contributed by atoms with Crippen molar-refractivity contribution in [2.75, 3.05) is 0 Å². The third-order valence-corrected chi connectivity index (χ3v) is 1.47. The lowest BCUT2D eigenvalue weighted by atomic mass is 10.2. The average molecular weight is 184 g/mol. The van der Waals surface area contributed by atoms with Crippen molar-refractivity contribution in [1.29, 1.82) is 0 Å². The highest BCUT2D eigenvalue weighted by Crippen LogP contribution is 2.15. The van der Waals surface area contributed by atoms with Crippen LogP contribution in [0.4, 0.5) is 0 Å². The van der Waals surface area contributed by atoms with Gasteiger partial charge in [-0.05, 0) is 13.0 Å². The van der Waals surface area contributed by atoms with Gasteiger partial charge >= 0.3 is 11.9 Å². The first-order chi connectivity index (χ1) is 6.00. The number of hydrogen-bond acceptors (Lipinski definition) is 3. The highest BCUT2D eigenvalue weighted by Gasteiger charge is 2.17. The van der Waals surface area contributed by atoms with Crippen molar-refractivity contribution in [3.8, 4) is 0 Å². The zero-order valence-electron chi connectivity index (χ0n) is 6.90. The van der Waals surface area contributed by atoms with Crippen LogP contribution < -0.4 is 0 Å². The van der Waals surface area contributed by atoms with Crippen LogP contribution in [0.15, 0.2) is 10.5 Å². The molecule has 70 valence electrons. The smallest absolute Gasteiger partial charge is 0.339 e. The summed E-state index contributed by atoms with van der Waals surface area (Å²) in [4.78, 5) is 20.9. The molecule has 0 aliphatic carbocycles. The van der Waals surface area contributed by atoms with E-state index in [4.69, 9.17) is 14.6 Å². The molecule has 0 aromatic carbocycles. The van der Waals surface area contributed by atoms with Gasteiger partial charge in [-0.1, -0.05) is 0 Å². The predicted molar refractivity (Wildman–Crippen MR) is 41.7 cm³/mol. The lowest BCUT2D eigenvalue weighted by molar-refractivity contribution is -0.136. The third-order valence-electron chi connectivity index (χ3n) is 1.47. The van der Waals surface area contributed by atoms with Crippen LogP contribution >= 0.6 is 0 Å². The largest absolute Gasteiger partial charge is 0.481 e. The summed E-state index contributed by atoms with van der Waals surface area (Å²) in [6.45, 7) is 1.57. The lowest BCUT2D eigenvalue weighted by Crippen LogP contribution is -2.04. The number of aromatic carboxylic acids is 1. The minimum atomic E-state index is -1.17. The number of carbonyl (C=O) groups is 2. The van der Waals surface area contributed by atoms with Gasteiger partial charge in [0.25, 0.3) is 0 Å². The first kappa shape index (κ1) is 9.31. The summed E-state index contributed by atoms with van der Waals surface area (Å²) in [5.41, 5.74) is -0.0834. The van der Waals surface area contributed by atoms with Gasteiger partial charge < -0.3 is 14.6 Å². The Morgan fingerprint density at radius 3 is 2.54 bits per heavy atom. The van der Waals surface area contributed by atoms with Crippen molar-refractivity contribution in [1.82, 2.24) is 0 Å². The summed E-state index contributed by atoms with van der Waals surface area (Å²) in [6.07, 6.45) is -0.407. The fourth-order valence-corrected chi connectivity index (χ4v) is 1.01. The Labute approximate surface area is 73.6 Å². The Kier molecular flexibility index (Phi) is 2.36. The summed E-state index contributed by atoms with van der Waals surface area (Å²) in [7, 11) is 0. The normalized spacial score (nSPS) is 9.92. The van der Waals surface area contributed by atoms with Crippen LogP contribution in [0.25, 0.3) is 0 Å². The molecule has 1 heterocycles. The van der Waals surface area contributed by atoms with E-state index in [1.807, 2.05) is 0 Å². The molecule has 0 spiro atoms. The maximum absolute atomic E-state index is 10.6. The van der Waals surface area contributed by atoms with Crippen molar-refractivity contribution in [2.24, 2.45) is 0 Å². The predicted octanol–water partition coefficient (Wildman–Crippen LogP) is 0.913. The van der Waals surface area contributed by atoms with Gasteiger partial charge in [-0.3, -0.25) is 4.79 Å². The van der Waals surface area contributed by atoms with E-state index in [2.05, 4.69) is 0 Å². The van der Waals surface area contributed by atoms with Gasteiger partial charge in [-0.2, -0.15) is 0 Å². The van der Waals surface area contributed by atoms with Crippen LogP contribution in [0.3, 0.4) is 0 Å². The molecule has 0 saturated carbocycles. The van der Waals surface area contributed by atoms with Crippen LogP contribution in [0.5, 0.6) is 0 Å². The van der Waals surface area contributed by atoms with Crippen molar-refractivity contribution < 1.29 is 24.2 Å². The first-order valence-corrected chi connectivity index (χ1v) is 3.55. The van der Waals surface area contributed by atoms with E-state index in [0.717, 1.165) is 0 Å². The lowest BCUT2D eigenvalue weighted by Gasteiger charge is -1.92. The summed E-state index contributed by atoms with van der Waals surface area (Å²) in [5, 5.41) is 17.1. The van der Waals surface area contributed by atoms with Crippen LogP contribution in [-0.4, -0.2) is 22.2 Å². The van der Waals surface area contributed by atoms with E-state index in [1.54, 1.807) is 6.92 Å². The number of rotatable bonds is 3. The molecule has 0 atom stereocenters. The van der Waals surface area contributed by atoms with Crippen LogP contribution in [0.2, 0.25) is 0 Å². The molecule has 2 N–H and O–H groups in total. The zero-order valence-corrected chi connectivity index (χ0v) is 6.90. The molecule has 0 saturated heterocycles. The van der Waals surface area contributed by atoms with Gasteiger partial charge in [0.15, 0.2) is 0 Å². The molecule has 0 unspecified atom stereocenters. The van der Waals surface area contributed by atoms with Gasteiger partial charge in [0.1, 0.15) is 23.5 Å². The Morgan fingerprint density at radius 1 is 1.46 bits per heavy atom. The molecule has 1 aromatic heterocycles. The highest BCUT2D eigenvalue weighted by atomic mass is 16.4. The van der Waals surface area contributed by atoms with Gasteiger partial charge in [-0.25, -0.2) is 4.79 Å². The molecule has 1 rings (SSSR count). The second kappa shape index (κ2) is 3.30. The number of carboxylic acids is 2. The molecule has 0 bridgehead atoms. The fourth-order valence-electron chi connectivity index (χ4n) is 1.01. The Hall–Kier alpha value is -1.78. The number of carboxylic acid groups (broad SMARTS) is 2. The van der Waals surface area contributed by atoms with Crippen molar-refractivity contribution >= 4 is 11.9 Å². The number of furan rings is 1. The maximum atomic E-state index is 10.6. The van der Waals surface area contributed by atoms with Crippen molar-refractivity contribution in [3.05, 3.63) is 23.2 Å². The van der Waals surface area contributed by atoms with Crippen molar-refractivity contribution in [3.63, 3.8) is 0 Å².